The lowest BCUT2D eigenvalue weighted by atomic mass is 10.3. The van der Waals surface area contributed by atoms with Crippen LogP contribution >= 0.6 is 0 Å². The van der Waals surface area contributed by atoms with Crippen molar-refractivity contribution in [3.8, 4) is 0 Å². The van der Waals surface area contributed by atoms with Crippen LogP contribution in [0.3, 0.4) is 0 Å². The Labute approximate surface area is 61.6 Å². The molecule has 0 aromatic rings. The van der Waals surface area contributed by atoms with Crippen LogP contribution in [0.25, 0.3) is 0 Å². The lowest BCUT2D eigenvalue weighted by Crippen LogP contribution is -3.10. The van der Waals surface area contributed by atoms with Crippen LogP contribution in [0.5, 0.6) is 0 Å². The second kappa shape index (κ2) is 3.01. The highest BCUT2D eigenvalue weighted by molar-refractivity contribution is 5.77. The monoisotopic (exact) mass is 142 g/mol. The highest BCUT2D eigenvalue weighted by Crippen LogP contribution is 1.88. The molecule has 0 aromatic carbocycles. The van der Waals surface area contributed by atoms with Gasteiger partial charge in [0.2, 0.25) is 0 Å². The van der Waals surface area contributed by atoms with Crippen molar-refractivity contribution in [3.05, 3.63) is 7.05 Å². The molecule has 0 spiro atoms. The van der Waals surface area contributed by atoms with Crippen molar-refractivity contribution < 1.29 is 9.69 Å². The molecule has 10 heavy (non-hydrogen) atoms. The van der Waals surface area contributed by atoms with Gasteiger partial charge >= 0.3 is 0 Å². The summed E-state index contributed by atoms with van der Waals surface area (Å²) in [6.45, 7) is 5.26. The number of nitrogens with one attached hydrogen (secondary N) is 1. The molecule has 1 aliphatic heterocycles. The lowest BCUT2D eigenvalue weighted by molar-refractivity contribution is -0.848. The second-order valence-corrected chi connectivity index (χ2v) is 2.65. The summed E-state index contributed by atoms with van der Waals surface area (Å²) in [5, 5.41) is 0. The van der Waals surface area contributed by atoms with Gasteiger partial charge < -0.3 is 9.80 Å². The maximum atomic E-state index is 11.1. The minimum Gasteiger partial charge on any atom is -0.459 e. The van der Waals surface area contributed by atoms with E-state index >= 15 is 0 Å². The number of amides is 1. The topological polar surface area (TPSA) is 24.8 Å². The first-order chi connectivity index (χ1) is 4.74. The molecular weight excluding hydrogens is 128 g/mol. The summed E-state index contributed by atoms with van der Waals surface area (Å²) >= 11 is 0. The molecule has 3 heteroatoms. The van der Waals surface area contributed by atoms with Crippen LogP contribution < -0.4 is 4.90 Å². The molecule has 1 saturated heterocycles. The van der Waals surface area contributed by atoms with Gasteiger partial charge in [0.1, 0.15) is 6.54 Å². The Morgan fingerprint density at radius 1 is 1.80 bits per heavy atom. The van der Waals surface area contributed by atoms with Gasteiger partial charge in [0, 0.05) is 6.54 Å². The molecule has 1 N–H and O–H groups in total. The van der Waals surface area contributed by atoms with Crippen molar-refractivity contribution in [1.82, 2.24) is 4.90 Å². The van der Waals surface area contributed by atoms with E-state index in [0.717, 1.165) is 24.5 Å². The molecule has 0 bridgehead atoms. The standard InChI is InChI=1S/C7H14N2O/c1-3-9-5-4-8(2)6-7(9)10/h8H,2-6H2,1H3. The fourth-order valence-corrected chi connectivity index (χ4v) is 1.17. The van der Waals surface area contributed by atoms with E-state index in [1.54, 1.807) is 0 Å². The van der Waals surface area contributed by atoms with Crippen molar-refractivity contribution in [1.29, 1.82) is 0 Å². The molecule has 1 unspecified atom stereocenters. The lowest BCUT2D eigenvalue weighted by Gasteiger charge is -2.32. The number of quaternary nitrogens is 1. The molecule has 0 aliphatic carbocycles. The first kappa shape index (κ1) is 7.54. The fraction of sp³-hybridized carbons (Fsp3) is 0.714. The largest absolute Gasteiger partial charge is 0.459 e. The zero-order valence-corrected chi connectivity index (χ0v) is 6.39. The molecule has 3 nitrogen and oxygen atoms in total. The highest BCUT2D eigenvalue weighted by Gasteiger charge is 2.19. The maximum Gasteiger partial charge on any atom is 0.275 e. The van der Waals surface area contributed by atoms with Crippen LogP contribution in [0.1, 0.15) is 6.92 Å². The summed E-state index contributed by atoms with van der Waals surface area (Å²) in [6, 6.07) is 0. The van der Waals surface area contributed by atoms with E-state index < -0.39 is 0 Å². The Morgan fingerprint density at radius 2 is 2.50 bits per heavy atom. The van der Waals surface area contributed by atoms with Crippen molar-refractivity contribution in [3.63, 3.8) is 0 Å². The molecule has 1 fully saturated rings. The third-order valence-corrected chi connectivity index (χ3v) is 1.87. The molecule has 0 aromatic heterocycles. The van der Waals surface area contributed by atoms with Gasteiger partial charge in [-0.25, -0.2) is 0 Å². The summed E-state index contributed by atoms with van der Waals surface area (Å²) in [7, 11) is 3.79. The van der Waals surface area contributed by atoms with Gasteiger partial charge in [-0.15, -0.1) is 0 Å². The Balaban J connectivity index is 2.43. The smallest absolute Gasteiger partial charge is 0.275 e. The number of carbonyl (C=O) groups is 1. The van der Waals surface area contributed by atoms with Gasteiger partial charge in [-0.2, -0.15) is 7.05 Å². The van der Waals surface area contributed by atoms with E-state index in [4.69, 9.17) is 0 Å². The first-order valence-corrected chi connectivity index (χ1v) is 3.68. The molecule has 1 amide bonds. The zero-order chi connectivity index (χ0) is 7.56. The molecule has 0 saturated carbocycles. The van der Waals surface area contributed by atoms with E-state index in [2.05, 4.69) is 7.05 Å². The summed E-state index contributed by atoms with van der Waals surface area (Å²) in [5.41, 5.74) is 0. The average Bonchev–Trinajstić information content (AvgIpc) is 1.88. The van der Waals surface area contributed by atoms with Crippen molar-refractivity contribution in [2.24, 2.45) is 0 Å². The SMILES string of the molecule is [CH2-][NH+]1CCN(CC)C(=O)C1. The third-order valence-electron chi connectivity index (χ3n) is 1.87. The van der Waals surface area contributed by atoms with Gasteiger partial charge in [0.25, 0.3) is 5.91 Å². The average molecular weight is 142 g/mol. The van der Waals surface area contributed by atoms with E-state index in [1.165, 1.54) is 0 Å². The van der Waals surface area contributed by atoms with E-state index in [-0.39, 0.29) is 5.91 Å². The minimum atomic E-state index is 0.235. The van der Waals surface area contributed by atoms with Crippen LogP contribution in [0.4, 0.5) is 0 Å². The van der Waals surface area contributed by atoms with Crippen molar-refractivity contribution >= 4 is 5.91 Å². The van der Waals surface area contributed by atoms with Gasteiger partial charge in [-0.1, -0.05) is 0 Å². The Hall–Kier alpha value is -0.570. The molecule has 1 aliphatic rings. The molecule has 1 atom stereocenters. The summed E-state index contributed by atoms with van der Waals surface area (Å²) in [6.07, 6.45) is 0. The summed E-state index contributed by atoms with van der Waals surface area (Å²) < 4.78 is 0. The van der Waals surface area contributed by atoms with Crippen LogP contribution in [0.2, 0.25) is 0 Å². The van der Waals surface area contributed by atoms with E-state index in [9.17, 15) is 4.79 Å². The normalized spacial score (nSPS) is 27.2. The number of hydrogen-bond donors (Lipinski definition) is 1. The maximum absolute atomic E-state index is 11.1. The third kappa shape index (κ3) is 1.48. The Morgan fingerprint density at radius 3 is 3.00 bits per heavy atom. The number of piperazine rings is 1. The van der Waals surface area contributed by atoms with Gasteiger partial charge in [0.15, 0.2) is 0 Å². The van der Waals surface area contributed by atoms with Gasteiger partial charge in [-0.3, -0.25) is 4.79 Å². The first-order valence-electron chi connectivity index (χ1n) is 3.68. The molecular formula is C7H14N2O. The predicted molar refractivity (Wildman–Crippen MR) is 38.3 cm³/mol. The molecule has 58 valence electrons. The second-order valence-electron chi connectivity index (χ2n) is 2.65. The summed E-state index contributed by atoms with van der Waals surface area (Å²) in [5.74, 6) is 0.235. The molecule has 1 heterocycles. The van der Waals surface area contributed by atoms with Crippen LogP contribution in [0, 0.1) is 7.05 Å². The van der Waals surface area contributed by atoms with Crippen LogP contribution in [0.15, 0.2) is 0 Å². The van der Waals surface area contributed by atoms with Crippen molar-refractivity contribution in [2.45, 2.75) is 6.92 Å². The number of carbonyl (C=O) groups excluding carboxylic acids is 1. The number of likely N-dealkylation sites (N-methyl/N-ethyl adjacent to an activating group) is 1. The van der Waals surface area contributed by atoms with Crippen molar-refractivity contribution in [2.75, 3.05) is 26.2 Å². The van der Waals surface area contributed by atoms with Crippen LogP contribution in [-0.2, 0) is 4.79 Å². The number of rotatable bonds is 1. The van der Waals surface area contributed by atoms with Crippen LogP contribution in [-0.4, -0.2) is 37.0 Å². The summed E-state index contributed by atoms with van der Waals surface area (Å²) in [4.78, 5) is 14.0. The van der Waals surface area contributed by atoms with E-state index in [1.807, 2.05) is 11.8 Å². The number of hydrogen-bond acceptors (Lipinski definition) is 1. The predicted octanol–water partition coefficient (Wildman–Crippen LogP) is -1.48. The molecule has 1 rings (SSSR count). The van der Waals surface area contributed by atoms with Gasteiger partial charge in [-0.05, 0) is 6.92 Å². The highest BCUT2D eigenvalue weighted by atomic mass is 16.2. The zero-order valence-electron chi connectivity index (χ0n) is 6.39. The Kier molecular flexibility index (Phi) is 2.27. The quantitative estimate of drug-likeness (QED) is 0.444. The molecule has 0 radical (unpaired) electrons. The Bertz CT molecular complexity index is 136. The fourth-order valence-electron chi connectivity index (χ4n) is 1.17. The number of nitrogens with zero attached hydrogens (tertiary/aromatic N) is 1. The minimum absolute atomic E-state index is 0.235. The van der Waals surface area contributed by atoms with Gasteiger partial charge in [0.05, 0.1) is 13.1 Å². The van der Waals surface area contributed by atoms with E-state index in [0.29, 0.717) is 6.54 Å².